The van der Waals surface area contributed by atoms with Gasteiger partial charge in [0, 0.05) is 24.0 Å². The van der Waals surface area contributed by atoms with Crippen LogP contribution in [0.25, 0.3) is 0 Å². The Hall–Kier alpha value is -0.120. The van der Waals surface area contributed by atoms with Crippen molar-refractivity contribution >= 4 is 0 Å². The van der Waals surface area contributed by atoms with E-state index in [0.717, 1.165) is 71.3 Å². The van der Waals surface area contributed by atoms with Crippen molar-refractivity contribution in [2.24, 2.45) is 70.5 Å². The number of fused-ring (bicyclic) bond motifs is 8. The number of hydrogen-bond acceptors (Lipinski definition) is 3. The van der Waals surface area contributed by atoms with E-state index in [1.54, 1.807) is 38.5 Å². The van der Waals surface area contributed by atoms with Gasteiger partial charge in [0.05, 0.1) is 24.4 Å². The Labute approximate surface area is 327 Å². The summed E-state index contributed by atoms with van der Waals surface area (Å²) in [5, 5.41) is 0. The highest BCUT2D eigenvalue weighted by Gasteiger charge is 2.64. The Kier molecular flexibility index (Phi) is 10.9. The highest BCUT2D eigenvalue weighted by molar-refractivity contribution is 5.13. The van der Waals surface area contributed by atoms with Crippen LogP contribution in [0.3, 0.4) is 0 Å². The first-order chi connectivity index (χ1) is 25.9. The zero-order valence-electron chi connectivity index (χ0n) is 35.0. The molecule has 3 heteroatoms. The van der Waals surface area contributed by atoms with E-state index >= 15 is 0 Å². The summed E-state index contributed by atoms with van der Waals surface area (Å²) in [5.41, 5.74) is 0.359. The third-order valence-electron chi connectivity index (χ3n) is 19.7. The van der Waals surface area contributed by atoms with Gasteiger partial charge >= 0.3 is 0 Å². The van der Waals surface area contributed by atoms with Gasteiger partial charge in [-0.05, 0) is 154 Å². The molecule has 0 radical (unpaired) electrons. The second-order valence-corrected chi connectivity index (χ2v) is 23.0. The van der Waals surface area contributed by atoms with Gasteiger partial charge in [0.1, 0.15) is 0 Å². The minimum Gasteiger partial charge on any atom is -0.374 e. The number of nitrogens with zero attached hydrogens (tertiary/aromatic N) is 1. The van der Waals surface area contributed by atoms with E-state index in [1.165, 1.54) is 141 Å². The topological polar surface area (TPSA) is 21.7 Å². The molecule has 0 amide bonds. The van der Waals surface area contributed by atoms with Gasteiger partial charge in [0.2, 0.25) is 0 Å². The van der Waals surface area contributed by atoms with Gasteiger partial charge in [-0.15, -0.1) is 0 Å². The first kappa shape index (κ1) is 37.2. The quantitative estimate of drug-likeness (QED) is 0.281. The van der Waals surface area contributed by atoms with Crippen LogP contribution in [0.15, 0.2) is 0 Å². The van der Waals surface area contributed by atoms with E-state index in [-0.39, 0.29) is 0 Å². The lowest BCUT2D eigenvalue weighted by Crippen LogP contribution is -2.63. The molecule has 3 nitrogen and oxygen atoms in total. The number of rotatable bonds is 5. The average Bonchev–Trinajstić information content (AvgIpc) is 3.78. The predicted octanol–water partition coefficient (Wildman–Crippen LogP) is 12.8. The molecule has 8 aliphatic carbocycles. The maximum absolute atomic E-state index is 7.98. The fourth-order valence-electron chi connectivity index (χ4n) is 17.6. The van der Waals surface area contributed by atoms with Crippen molar-refractivity contribution in [2.75, 3.05) is 0 Å². The number of hydrogen-bond donors (Lipinski definition) is 0. The van der Waals surface area contributed by atoms with Crippen LogP contribution in [-0.2, 0) is 9.47 Å². The average molecular weight is 730 g/mol. The maximum atomic E-state index is 7.98. The summed E-state index contributed by atoms with van der Waals surface area (Å²) >= 11 is 0. The molecule has 8 saturated carbocycles. The second-order valence-electron chi connectivity index (χ2n) is 23.0. The number of ether oxygens (including phenoxy) is 2. The summed E-state index contributed by atoms with van der Waals surface area (Å²) in [7, 11) is 0. The molecule has 10 aliphatic rings. The van der Waals surface area contributed by atoms with Crippen LogP contribution in [0, 0.1) is 70.5 Å². The monoisotopic (exact) mass is 730 g/mol. The van der Waals surface area contributed by atoms with Gasteiger partial charge in [-0.1, -0.05) is 111 Å². The summed E-state index contributed by atoms with van der Waals surface area (Å²) in [6.45, 7) is 7.81. The van der Waals surface area contributed by atoms with Crippen molar-refractivity contribution in [2.45, 2.75) is 243 Å². The van der Waals surface area contributed by atoms with Gasteiger partial charge in [0.15, 0.2) is 0 Å². The van der Waals surface area contributed by atoms with Gasteiger partial charge < -0.3 is 9.47 Å². The van der Waals surface area contributed by atoms with Crippen LogP contribution < -0.4 is 0 Å². The fraction of sp³-hybridized carbons (Fsp3) is 1.00. The zero-order valence-corrected chi connectivity index (χ0v) is 35.0. The van der Waals surface area contributed by atoms with Gasteiger partial charge in [-0.2, -0.15) is 0 Å². The largest absolute Gasteiger partial charge is 0.374 e. The lowest BCUT2D eigenvalue weighted by Gasteiger charge is -2.58. The molecule has 0 aromatic heterocycles. The molecule has 0 spiro atoms. The minimum atomic E-state index is 0.359. The molecule has 2 heterocycles. The third-order valence-corrected chi connectivity index (χ3v) is 19.7. The molecule has 53 heavy (non-hydrogen) atoms. The third kappa shape index (κ3) is 6.89. The van der Waals surface area contributed by atoms with Crippen molar-refractivity contribution in [1.29, 1.82) is 0 Å². The molecule has 14 atom stereocenters. The van der Waals surface area contributed by atoms with Crippen LogP contribution in [0.4, 0.5) is 0 Å². The molecule has 10 fully saturated rings. The Balaban J connectivity index is 0.977. The van der Waals surface area contributed by atoms with E-state index < -0.39 is 0 Å². The summed E-state index contributed by atoms with van der Waals surface area (Å²) in [6.07, 6.45) is 43.5. The van der Waals surface area contributed by atoms with Crippen LogP contribution in [0.2, 0.25) is 0 Å². The predicted molar refractivity (Wildman–Crippen MR) is 218 cm³/mol. The first-order valence-corrected chi connectivity index (χ1v) is 25.0. The van der Waals surface area contributed by atoms with E-state index in [2.05, 4.69) is 25.7 Å². The van der Waals surface area contributed by atoms with Crippen molar-refractivity contribution < 1.29 is 9.47 Å². The molecule has 0 N–H and O–H groups in total. The molecule has 14 unspecified atom stereocenters. The zero-order chi connectivity index (χ0) is 35.7. The van der Waals surface area contributed by atoms with Crippen molar-refractivity contribution in [3.8, 4) is 0 Å². The van der Waals surface area contributed by atoms with Gasteiger partial charge in [0.25, 0.3) is 0 Å². The smallest absolute Gasteiger partial charge is 0.0769 e. The van der Waals surface area contributed by atoms with Gasteiger partial charge in [-0.25, -0.2) is 0 Å². The molecule has 2 saturated heterocycles. The molecule has 10 rings (SSSR count). The fourth-order valence-corrected chi connectivity index (χ4v) is 17.6. The van der Waals surface area contributed by atoms with Crippen molar-refractivity contribution in [3.05, 3.63) is 0 Å². The first-order valence-electron chi connectivity index (χ1n) is 25.0. The summed E-state index contributed by atoms with van der Waals surface area (Å²) in [6, 6.07) is 2.29. The Morgan fingerprint density at radius 3 is 1.72 bits per heavy atom. The van der Waals surface area contributed by atoms with Crippen LogP contribution in [0.1, 0.15) is 201 Å². The van der Waals surface area contributed by atoms with E-state index in [9.17, 15) is 0 Å². The molecule has 0 bridgehead atoms. The molecule has 0 aromatic rings. The van der Waals surface area contributed by atoms with Crippen LogP contribution in [0.5, 0.6) is 0 Å². The van der Waals surface area contributed by atoms with E-state index in [1.807, 2.05) is 0 Å². The lowest BCUT2D eigenvalue weighted by atomic mass is 9.56. The summed E-state index contributed by atoms with van der Waals surface area (Å²) in [4.78, 5) is 3.43. The van der Waals surface area contributed by atoms with Crippen LogP contribution >= 0.6 is 0 Å². The SMILES string of the molecule is CC(C)(C)C1CCC(N(C2CCC(C3CCCCC3)CC2)C2CCC(C3CCCCC3)C3CCCCC32)C2OC3C(CCC4OC5CCCCC5C43)C21. The molecule has 0 aromatic carbocycles. The molecular formula is C50H83NO2. The van der Waals surface area contributed by atoms with Crippen LogP contribution in [-0.4, -0.2) is 47.4 Å². The Morgan fingerprint density at radius 2 is 0.981 bits per heavy atom. The van der Waals surface area contributed by atoms with E-state index in [4.69, 9.17) is 9.47 Å². The normalized spacial score (nSPS) is 49.8. The highest BCUT2D eigenvalue weighted by atomic mass is 16.5. The Morgan fingerprint density at radius 1 is 0.377 bits per heavy atom. The Bertz CT molecular complexity index is 1210. The summed E-state index contributed by atoms with van der Waals surface area (Å²) in [5.74, 6) is 9.91. The molecule has 2 aliphatic heterocycles. The summed E-state index contributed by atoms with van der Waals surface area (Å²) < 4.78 is 15.0. The maximum Gasteiger partial charge on any atom is 0.0769 e. The highest BCUT2D eigenvalue weighted by Crippen LogP contribution is 2.61. The lowest BCUT2D eigenvalue weighted by molar-refractivity contribution is -0.132. The van der Waals surface area contributed by atoms with Crippen molar-refractivity contribution in [1.82, 2.24) is 4.90 Å². The molecular weight excluding hydrogens is 647 g/mol. The minimum absolute atomic E-state index is 0.359. The van der Waals surface area contributed by atoms with Crippen molar-refractivity contribution in [3.63, 3.8) is 0 Å². The molecule has 300 valence electrons. The van der Waals surface area contributed by atoms with Gasteiger partial charge in [-0.3, -0.25) is 4.90 Å². The second kappa shape index (κ2) is 15.6. The standard InChI is InChI=1S/C50H83NO2/c1-50(2,3)41-28-30-43(49-46(41)40-27-31-45-47(48(40)53-49)39-20-12-13-21-44(39)52-45)51(35-24-22-33(23-25-35)32-14-6-4-7-15-32)42-29-26-36(34-16-8-5-9-17-34)37-18-10-11-19-38(37)42/h32-49H,4-31H2,1-3H3. The van der Waals surface area contributed by atoms with E-state index in [0.29, 0.717) is 41.8 Å².